The molecule has 2 N–H and O–H groups in total. The van der Waals surface area contributed by atoms with Crippen molar-refractivity contribution in [2.45, 2.75) is 26.2 Å². The van der Waals surface area contributed by atoms with Gasteiger partial charge in [0.05, 0.1) is 6.33 Å². The summed E-state index contributed by atoms with van der Waals surface area (Å²) in [6, 6.07) is 7.82. The molecule has 5 nitrogen and oxygen atoms in total. The van der Waals surface area contributed by atoms with E-state index in [0.29, 0.717) is 18.3 Å². The number of benzene rings is 1. The van der Waals surface area contributed by atoms with Crippen LogP contribution >= 0.6 is 24.8 Å². The van der Waals surface area contributed by atoms with E-state index >= 15 is 0 Å². The van der Waals surface area contributed by atoms with E-state index in [0.717, 1.165) is 24.5 Å². The Balaban J connectivity index is 0.00000156. The minimum atomic E-state index is 0. The number of imidazole rings is 1. The van der Waals surface area contributed by atoms with Gasteiger partial charge in [-0.15, -0.1) is 24.8 Å². The number of hydrogen-bond donors (Lipinski definition) is 2. The fourth-order valence-electron chi connectivity index (χ4n) is 3.19. The molecule has 1 aromatic carbocycles. The van der Waals surface area contributed by atoms with Crippen molar-refractivity contribution in [2.24, 2.45) is 11.8 Å². The molecule has 1 aliphatic rings. The maximum atomic E-state index is 12.3. The van der Waals surface area contributed by atoms with Crippen LogP contribution in [-0.2, 0) is 4.79 Å². The molecule has 0 spiro atoms. The summed E-state index contributed by atoms with van der Waals surface area (Å²) in [6.45, 7) is 4.32. The molecular weight excluding hydrogens is 359 g/mol. The quantitative estimate of drug-likeness (QED) is 0.826. The Bertz CT molecular complexity index is 642. The van der Waals surface area contributed by atoms with Crippen molar-refractivity contribution < 1.29 is 4.79 Å². The molecule has 1 saturated heterocycles. The fourth-order valence-corrected chi connectivity index (χ4v) is 3.19. The summed E-state index contributed by atoms with van der Waals surface area (Å²) in [4.78, 5) is 16.4. The van der Waals surface area contributed by atoms with E-state index in [1.807, 2.05) is 35.0 Å². The van der Waals surface area contributed by atoms with Gasteiger partial charge in [-0.25, -0.2) is 4.98 Å². The van der Waals surface area contributed by atoms with Gasteiger partial charge < -0.3 is 15.2 Å². The molecule has 1 aliphatic heterocycles. The first-order chi connectivity index (χ1) is 11.2. The van der Waals surface area contributed by atoms with E-state index in [4.69, 9.17) is 0 Å². The van der Waals surface area contributed by atoms with Gasteiger partial charge in [0.25, 0.3) is 0 Å². The van der Waals surface area contributed by atoms with Crippen molar-refractivity contribution in [2.75, 3.05) is 18.4 Å². The van der Waals surface area contributed by atoms with Gasteiger partial charge in [-0.05, 0) is 56.0 Å². The predicted octanol–water partition coefficient (Wildman–Crippen LogP) is 3.68. The lowest BCUT2D eigenvalue weighted by atomic mass is 9.85. The van der Waals surface area contributed by atoms with Crippen molar-refractivity contribution in [3.8, 4) is 5.69 Å². The van der Waals surface area contributed by atoms with Gasteiger partial charge in [0.1, 0.15) is 0 Å². The topological polar surface area (TPSA) is 59.0 Å². The zero-order valence-electron chi connectivity index (χ0n) is 14.4. The highest BCUT2D eigenvalue weighted by Crippen LogP contribution is 2.23. The van der Waals surface area contributed by atoms with E-state index in [1.165, 1.54) is 12.8 Å². The van der Waals surface area contributed by atoms with Crippen LogP contribution in [0.25, 0.3) is 5.69 Å². The number of amides is 1. The van der Waals surface area contributed by atoms with Crippen LogP contribution in [0, 0.1) is 11.8 Å². The fraction of sp³-hybridized carbons (Fsp3) is 0.444. The third-order valence-electron chi connectivity index (χ3n) is 4.58. The Kier molecular flexibility index (Phi) is 8.97. The molecule has 25 heavy (non-hydrogen) atoms. The molecule has 0 radical (unpaired) electrons. The number of nitrogens with one attached hydrogen (secondary N) is 2. The van der Waals surface area contributed by atoms with Gasteiger partial charge in [0, 0.05) is 30.2 Å². The van der Waals surface area contributed by atoms with Crippen LogP contribution < -0.4 is 10.6 Å². The molecule has 1 fully saturated rings. The van der Waals surface area contributed by atoms with E-state index in [9.17, 15) is 4.79 Å². The van der Waals surface area contributed by atoms with Gasteiger partial charge >= 0.3 is 0 Å². The standard InChI is InChI=1S/C18H24N4O.2ClH/c1-14(15-4-3-7-19-12-15)10-18(23)21-16-5-2-6-17(11-16)22-9-8-20-13-22;;/h2,5-6,8-9,11,13-15,19H,3-4,7,10,12H2,1H3,(H,21,23);2*1H. The molecule has 138 valence electrons. The van der Waals surface area contributed by atoms with E-state index in [-0.39, 0.29) is 30.7 Å². The van der Waals surface area contributed by atoms with E-state index in [1.54, 1.807) is 12.5 Å². The smallest absolute Gasteiger partial charge is 0.224 e. The lowest BCUT2D eigenvalue weighted by Gasteiger charge is -2.28. The first-order valence-electron chi connectivity index (χ1n) is 8.31. The number of hydrogen-bond acceptors (Lipinski definition) is 3. The summed E-state index contributed by atoms with van der Waals surface area (Å²) >= 11 is 0. The monoisotopic (exact) mass is 384 g/mol. The van der Waals surface area contributed by atoms with Crippen LogP contribution in [-0.4, -0.2) is 28.5 Å². The van der Waals surface area contributed by atoms with Crippen molar-refractivity contribution >= 4 is 36.4 Å². The van der Waals surface area contributed by atoms with Gasteiger partial charge in [0.2, 0.25) is 5.91 Å². The van der Waals surface area contributed by atoms with Crippen molar-refractivity contribution in [3.05, 3.63) is 43.0 Å². The van der Waals surface area contributed by atoms with Crippen LogP contribution in [0.3, 0.4) is 0 Å². The zero-order valence-corrected chi connectivity index (χ0v) is 16.0. The number of rotatable bonds is 5. The number of halogens is 2. The summed E-state index contributed by atoms with van der Waals surface area (Å²) in [7, 11) is 0. The molecule has 7 heteroatoms. The Morgan fingerprint density at radius 3 is 2.96 bits per heavy atom. The molecule has 3 rings (SSSR count). The molecule has 0 aliphatic carbocycles. The molecule has 1 aromatic heterocycles. The number of aromatic nitrogens is 2. The number of carbonyl (C=O) groups is 1. The molecule has 2 unspecified atom stereocenters. The predicted molar refractivity (Wildman–Crippen MR) is 106 cm³/mol. The normalized spacial score (nSPS) is 17.7. The summed E-state index contributed by atoms with van der Waals surface area (Å²) in [6.07, 6.45) is 8.38. The van der Waals surface area contributed by atoms with Gasteiger partial charge in [0.15, 0.2) is 0 Å². The van der Waals surface area contributed by atoms with Gasteiger partial charge in [-0.2, -0.15) is 0 Å². The lowest BCUT2D eigenvalue weighted by molar-refractivity contribution is -0.117. The van der Waals surface area contributed by atoms with Crippen LogP contribution in [0.4, 0.5) is 5.69 Å². The second-order valence-corrected chi connectivity index (χ2v) is 6.36. The zero-order chi connectivity index (χ0) is 16.1. The molecule has 2 aromatic rings. The largest absolute Gasteiger partial charge is 0.326 e. The lowest BCUT2D eigenvalue weighted by Crippen LogP contribution is -2.34. The Hall–Kier alpha value is -1.56. The van der Waals surface area contributed by atoms with Gasteiger partial charge in [-0.3, -0.25) is 4.79 Å². The Morgan fingerprint density at radius 1 is 1.44 bits per heavy atom. The minimum Gasteiger partial charge on any atom is -0.326 e. The summed E-state index contributed by atoms with van der Waals surface area (Å²) in [5.74, 6) is 1.09. The number of anilines is 1. The third kappa shape index (κ3) is 6.03. The van der Waals surface area contributed by atoms with Crippen molar-refractivity contribution in [3.63, 3.8) is 0 Å². The Labute approximate surface area is 161 Å². The molecule has 2 heterocycles. The van der Waals surface area contributed by atoms with Crippen LogP contribution in [0.5, 0.6) is 0 Å². The molecule has 1 amide bonds. The third-order valence-corrected chi connectivity index (χ3v) is 4.58. The molecular formula is C18H26Cl2N4O. The number of nitrogens with zero attached hydrogens (tertiary/aromatic N) is 2. The van der Waals surface area contributed by atoms with Crippen LogP contribution in [0.2, 0.25) is 0 Å². The van der Waals surface area contributed by atoms with Crippen LogP contribution in [0.1, 0.15) is 26.2 Å². The molecule has 0 bridgehead atoms. The van der Waals surface area contributed by atoms with Gasteiger partial charge in [-0.1, -0.05) is 13.0 Å². The SMILES string of the molecule is CC(CC(=O)Nc1cccc(-n2ccnc2)c1)C1CCCNC1.Cl.Cl. The molecule has 2 atom stereocenters. The summed E-state index contributed by atoms with van der Waals surface area (Å²) in [5, 5.41) is 6.44. The van der Waals surface area contributed by atoms with Crippen LogP contribution in [0.15, 0.2) is 43.0 Å². The highest BCUT2D eigenvalue weighted by Gasteiger charge is 2.22. The number of carbonyl (C=O) groups excluding carboxylic acids is 1. The maximum Gasteiger partial charge on any atom is 0.224 e. The second-order valence-electron chi connectivity index (χ2n) is 6.36. The first kappa shape index (κ1) is 21.5. The van der Waals surface area contributed by atoms with E-state index < -0.39 is 0 Å². The average Bonchev–Trinajstić information content (AvgIpc) is 3.10. The first-order valence-corrected chi connectivity index (χ1v) is 8.31. The minimum absolute atomic E-state index is 0. The summed E-state index contributed by atoms with van der Waals surface area (Å²) < 4.78 is 1.92. The highest BCUT2D eigenvalue weighted by atomic mass is 35.5. The average molecular weight is 385 g/mol. The highest BCUT2D eigenvalue weighted by molar-refractivity contribution is 5.91. The summed E-state index contributed by atoms with van der Waals surface area (Å²) in [5.41, 5.74) is 1.82. The van der Waals surface area contributed by atoms with Crippen molar-refractivity contribution in [1.82, 2.24) is 14.9 Å². The van der Waals surface area contributed by atoms with E-state index in [2.05, 4.69) is 22.5 Å². The second kappa shape index (κ2) is 10.4. The maximum absolute atomic E-state index is 12.3. The van der Waals surface area contributed by atoms with Crippen molar-refractivity contribution in [1.29, 1.82) is 0 Å². The number of piperidine rings is 1. The Morgan fingerprint density at radius 2 is 2.28 bits per heavy atom. The molecule has 0 saturated carbocycles.